The van der Waals surface area contributed by atoms with E-state index in [1.807, 2.05) is 19.1 Å². The third-order valence-electron chi connectivity index (χ3n) is 4.60. The molecule has 0 unspecified atom stereocenters. The molecule has 2 amide bonds. The van der Waals surface area contributed by atoms with Crippen LogP contribution in [0.25, 0.3) is 0 Å². The number of anilines is 2. The summed E-state index contributed by atoms with van der Waals surface area (Å²) in [5.74, 6) is -0.185. The van der Waals surface area contributed by atoms with E-state index in [1.165, 1.54) is 18.3 Å². The maximum absolute atomic E-state index is 12.7. The molecular formula is C20H23N3O4S. The Kier molecular flexibility index (Phi) is 6.41. The first-order valence-electron chi connectivity index (χ1n) is 9.23. The summed E-state index contributed by atoms with van der Waals surface area (Å²) in [6, 6.07) is 5.00. The molecule has 0 saturated heterocycles. The summed E-state index contributed by atoms with van der Waals surface area (Å²) in [5, 5.41) is 7.69. The normalized spacial score (nSPS) is 13.5. The maximum Gasteiger partial charge on any atom is 0.325 e. The fraction of sp³-hybridized carbons (Fsp3) is 0.400. The topological polar surface area (TPSA) is 97.4 Å². The maximum atomic E-state index is 12.7. The van der Waals surface area contributed by atoms with Crippen molar-refractivity contribution in [3.8, 4) is 0 Å². The molecule has 1 heterocycles. The minimum Gasteiger partial charge on any atom is -0.465 e. The van der Waals surface area contributed by atoms with Crippen LogP contribution >= 0.6 is 11.3 Å². The summed E-state index contributed by atoms with van der Waals surface area (Å²) in [6.07, 6.45) is 3.38. The van der Waals surface area contributed by atoms with E-state index >= 15 is 0 Å². The number of hydrogen-bond donors (Lipinski definition) is 2. The fourth-order valence-corrected chi connectivity index (χ4v) is 3.63. The van der Waals surface area contributed by atoms with Gasteiger partial charge in [0.2, 0.25) is 0 Å². The summed E-state index contributed by atoms with van der Waals surface area (Å²) in [4.78, 5) is 40.1. The third-order valence-corrected chi connectivity index (χ3v) is 5.41. The molecule has 28 heavy (non-hydrogen) atoms. The number of esters is 1. The molecule has 7 nitrogen and oxygen atoms in total. The molecule has 2 N–H and O–H groups in total. The van der Waals surface area contributed by atoms with Crippen molar-refractivity contribution in [3.63, 3.8) is 0 Å². The van der Waals surface area contributed by atoms with Gasteiger partial charge in [-0.2, -0.15) is 0 Å². The van der Waals surface area contributed by atoms with Crippen molar-refractivity contribution in [2.45, 2.75) is 39.5 Å². The zero-order valence-electron chi connectivity index (χ0n) is 15.9. The summed E-state index contributed by atoms with van der Waals surface area (Å²) in [5.41, 5.74) is 2.77. The van der Waals surface area contributed by atoms with Crippen LogP contribution in [-0.4, -0.2) is 29.4 Å². The van der Waals surface area contributed by atoms with E-state index in [-0.39, 0.29) is 24.3 Å². The van der Waals surface area contributed by atoms with E-state index in [9.17, 15) is 14.4 Å². The first kappa shape index (κ1) is 20.0. The number of amides is 2. The van der Waals surface area contributed by atoms with E-state index < -0.39 is 6.03 Å². The monoisotopic (exact) mass is 401 g/mol. The van der Waals surface area contributed by atoms with Gasteiger partial charge in [0.25, 0.3) is 0 Å². The number of carbonyl (C=O) groups excluding carboxylic acids is 3. The number of Topliss-reactive ketones (excluding diaryl/α,β-unsaturated/α-hetero) is 1. The molecule has 1 aliphatic rings. The Hall–Kier alpha value is -2.74. The summed E-state index contributed by atoms with van der Waals surface area (Å²) in [6.45, 7) is 3.53. The Labute approximate surface area is 167 Å². The van der Waals surface area contributed by atoms with Gasteiger partial charge in [-0.3, -0.25) is 14.9 Å². The minimum atomic E-state index is -0.451. The Morgan fingerprint density at radius 1 is 1.25 bits per heavy atom. The predicted octanol–water partition coefficient (Wildman–Crippen LogP) is 4.18. The molecule has 0 atom stereocenters. The van der Waals surface area contributed by atoms with Crippen LogP contribution in [0, 0.1) is 12.8 Å². The van der Waals surface area contributed by atoms with Gasteiger partial charge in [0.15, 0.2) is 10.9 Å². The van der Waals surface area contributed by atoms with E-state index in [1.54, 1.807) is 11.4 Å². The van der Waals surface area contributed by atoms with Gasteiger partial charge in [-0.05, 0) is 31.9 Å². The standard InChI is InChI=1S/C20H23N3O4S/c1-12-6-7-17(16(10-12)18(25)14-4-3-5-14)22-19(26)23-20-21-15(11-28-20)8-9-27-13(2)24/h6-7,10-11,14H,3-5,8-9H2,1-2H3,(H2,21,22,23,26). The van der Waals surface area contributed by atoms with Gasteiger partial charge >= 0.3 is 12.0 Å². The lowest BCUT2D eigenvalue weighted by molar-refractivity contribution is -0.140. The molecule has 3 rings (SSSR count). The van der Waals surface area contributed by atoms with Crippen molar-refractivity contribution < 1.29 is 19.1 Å². The third kappa shape index (κ3) is 5.16. The van der Waals surface area contributed by atoms with Crippen LogP contribution < -0.4 is 10.6 Å². The number of ether oxygens (including phenoxy) is 1. The van der Waals surface area contributed by atoms with E-state index in [0.717, 1.165) is 30.5 Å². The molecule has 148 valence electrons. The Morgan fingerprint density at radius 2 is 2.04 bits per heavy atom. The van der Waals surface area contributed by atoms with Crippen molar-refractivity contribution in [2.75, 3.05) is 17.2 Å². The van der Waals surface area contributed by atoms with Gasteiger partial charge in [-0.15, -0.1) is 11.3 Å². The van der Waals surface area contributed by atoms with Crippen LogP contribution in [-0.2, 0) is 16.0 Å². The molecule has 1 saturated carbocycles. The highest BCUT2D eigenvalue weighted by Crippen LogP contribution is 2.32. The number of benzene rings is 1. The minimum absolute atomic E-state index is 0.0594. The second kappa shape index (κ2) is 8.97. The molecule has 2 aromatic rings. The molecule has 1 aliphatic carbocycles. The van der Waals surface area contributed by atoms with Crippen LogP contribution in [0.4, 0.5) is 15.6 Å². The van der Waals surface area contributed by atoms with Crippen LogP contribution in [0.15, 0.2) is 23.6 Å². The number of ketones is 1. The molecule has 0 bridgehead atoms. The lowest BCUT2D eigenvalue weighted by atomic mass is 9.79. The molecule has 1 aromatic carbocycles. The zero-order valence-corrected chi connectivity index (χ0v) is 16.7. The fourth-order valence-electron chi connectivity index (χ4n) is 2.89. The summed E-state index contributed by atoms with van der Waals surface area (Å²) in [7, 11) is 0. The average Bonchev–Trinajstić information content (AvgIpc) is 3.01. The van der Waals surface area contributed by atoms with Gasteiger partial charge in [0.1, 0.15) is 0 Å². The summed E-state index contributed by atoms with van der Waals surface area (Å²) < 4.78 is 4.89. The first-order valence-corrected chi connectivity index (χ1v) is 10.1. The molecule has 0 radical (unpaired) electrons. The Morgan fingerprint density at radius 3 is 2.71 bits per heavy atom. The number of nitrogens with zero attached hydrogens (tertiary/aromatic N) is 1. The highest BCUT2D eigenvalue weighted by Gasteiger charge is 2.28. The van der Waals surface area contributed by atoms with Crippen LogP contribution in [0.3, 0.4) is 0 Å². The van der Waals surface area contributed by atoms with Crippen molar-refractivity contribution >= 4 is 39.9 Å². The molecule has 1 aromatic heterocycles. The van der Waals surface area contributed by atoms with Crippen molar-refractivity contribution in [2.24, 2.45) is 5.92 Å². The van der Waals surface area contributed by atoms with Gasteiger partial charge in [-0.25, -0.2) is 9.78 Å². The molecular weight excluding hydrogens is 378 g/mol. The quantitative estimate of drug-likeness (QED) is 0.536. The van der Waals surface area contributed by atoms with E-state index in [0.29, 0.717) is 22.8 Å². The molecule has 8 heteroatoms. The highest BCUT2D eigenvalue weighted by atomic mass is 32.1. The molecule has 1 fully saturated rings. The van der Waals surface area contributed by atoms with E-state index in [2.05, 4.69) is 15.6 Å². The second-order valence-electron chi connectivity index (χ2n) is 6.85. The number of nitrogens with one attached hydrogen (secondary N) is 2. The number of rotatable bonds is 7. The highest BCUT2D eigenvalue weighted by molar-refractivity contribution is 7.13. The summed E-state index contributed by atoms with van der Waals surface area (Å²) >= 11 is 1.29. The van der Waals surface area contributed by atoms with Crippen LogP contribution in [0.1, 0.15) is 47.8 Å². The Balaban J connectivity index is 1.61. The lowest BCUT2D eigenvalue weighted by Crippen LogP contribution is -2.25. The van der Waals surface area contributed by atoms with Crippen molar-refractivity contribution in [1.82, 2.24) is 4.98 Å². The SMILES string of the molecule is CC(=O)OCCc1csc(NC(=O)Nc2ccc(C)cc2C(=O)C2CCC2)n1. The number of aromatic nitrogens is 1. The van der Waals surface area contributed by atoms with Gasteiger partial charge in [-0.1, -0.05) is 18.1 Å². The van der Waals surface area contributed by atoms with Crippen molar-refractivity contribution in [3.05, 3.63) is 40.4 Å². The van der Waals surface area contributed by atoms with Gasteiger partial charge in [0, 0.05) is 30.2 Å². The first-order chi connectivity index (χ1) is 13.4. The molecule has 0 aliphatic heterocycles. The van der Waals surface area contributed by atoms with Crippen molar-refractivity contribution in [1.29, 1.82) is 0 Å². The number of urea groups is 1. The number of aryl methyl sites for hydroxylation is 1. The average molecular weight is 401 g/mol. The largest absolute Gasteiger partial charge is 0.465 e. The smallest absolute Gasteiger partial charge is 0.325 e. The zero-order chi connectivity index (χ0) is 20.1. The number of hydrogen-bond acceptors (Lipinski definition) is 6. The predicted molar refractivity (Wildman–Crippen MR) is 108 cm³/mol. The van der Waals surface area contributed by atoms with Gasteiger partial charge < -0.3 is 10.1 Å². The van der Waals surface area contributed by atoms with Crippen LogP contribution in [0.5, 0.6) is 0 Å². The van der Waals surface area contributed by atoms with E-state index in [4.69, 9.17) is 4.74 Å². The van der Waals surface area contributed by atoms with Gasteiger partial charge in [0.05, 0.1) is 18.0 Å². The van der Waals surface area contributed by atoms with Crippen LogP contribution in [0.2, 0.25) is 0 Å². The second-order valence-corrected chi connectivity index (χ2v) is 7.71. The Bertz CT molecular complexity index is 889. The lowest BCUT2D eigenvalue weighted by Gasteiger charge is -2.25. The molecule has 0 spiro atoms. The number of thiazole rings is 1. The number of carbonyl (C=O) groups is 3.